The second-order valence-corrected chi connectivity index (χ2v) is 5.15. The average molecular weight is 283 g/mol. The Morgan fingerprint density at radius 3 is 2.63 bits per heavy atom. The highest BCUT2D eigenvalue weighted by atomic mass is 19.4. The highest BCUT2D eigenvalue weighted by Crippen LogP contribution is 2.30. The largest absolute Gasteiger partial charge is 0.468 e. The number of hydrogen-bond donors (Lipinski definition) is 1. The van der Waals surface area contributed by atoms with Gasteiger partial charge in [-0.25, -0.2) is 0 Å². The van der Waals surface area contributed by atoms with Gasteiger partial charge in [-0.1, -0.05) is 13.8 Å². The Bertz CT molecular complexity index is 320. The predicted molar refractivity (Wildman–Crippen MR) is 62.6 cm³/mol. The van der Waals surface area contributed by atoms with Crippen LogP contribution in [0, 0.1) is 5.92 Å². The lowest BCUT2D eigenvalue weighted by Gasteiger charge is -2.40. The molecule has 1 saturated heterocycles. The summed E-state index contributed by atoms with van der Waals surface area (Å²) in [6.07, 6.45) is -4.26. The Morgan fingerprint density at radius 1 is 1.53 bits per heavy atom. The van der Waals surface area contributed by atoms with Crippen LogP contribution in [0.15, 0.2) is 0 Å². The van der Waals surface area contributed by atoms with Gasteiger partial charge < -0.3 is 9.47 Å². The smallest absolute Gasteiger partial charge is 0.401 e. The molecule has 1 heterocycles. The van der Waals surface area contributed by atoms with Crippen LogP contribution in [0.2, 0.25) is 0 Å². The fourth-order valence-corrected chi connectivity index (χ4v) is 2.20. The van der Waals surface area contributed by atoms with Crippen molar-refractivity contribution in [3.63, 3.8) is 0 Å². The zero-order valence-electron chi connectivity index (χ0n) is 11.3. The van der Waals surface area contributed by atoms with Crippen LogP contribution in [0.3, 0.4) is 0 Å². The number of rotatable bonds is 4. The molecule has 2 unspecified atom stereocenters. The van der Waals surface area contributed by atoms with Crippen molar-refractivity contribution in [2.24, 2.45) is 5.92 Å². The fraction of sp³-hybridized carbons (Fsp3) is 0.917. The van der Waals surface area contributed by atoms with Crippen LogP contribution in [-0.4, -0.2) is 44.0 Å². The molecule has 0 bridgehead atoms. The summed E-state index contributed by atoms with van der Waals surface area (Å²) in [6.45, 7) is 2.83. The number of hydrogen-bond acceptors (Lipinski definition) is 4. The number of ether oxygens (including phenoxy) is 2. The van der Waals surface area contributed by atoms with Crippen LogP contribution in [0.5, 0.6) is 0 Å². The lowest BCUT2D eigenvalue weighted by atomic mass is 9.83. The number of halogens is 3. The molecule has 0 aromatic carbocycles. The normalized spacial score (nSPS) is 28.5. The second-order valence-electron chi connectivity index (χ2n) is 5.15. The van der Waals surface area contributed by atoms with Crippen molar-refractivity contribution in [3.05, 3.63) is 0 Å². The van der Waals surface area contributed by atoms with E-state index in [1.807, 2.05) is 13.8 Å². The third-order valence-electron chi connectivity index (χ3n) is 3.36. The number of carbonyl (C=O) groups is 1. The molecule has 0 saturated carbocycles. The van der Waals surface area contributed by atoms with Gasteiger partial charge in [-0.2, -0.15) is 13.2 Å². The lowest BCUT2D eigenvalue weighted by molar-refractivity contribution is -0.163. The van der Waals surface area contributed by atoms with Crippen LogP contribution >= 0.6 is 0 Å². The van der Waals surface area contributed by atoms with Crippen molar-refractivity contribution in [2.75, 3.05) is 20.3 Å². The SMILES string of the molecule is COC(=O)C1(NCC(F)(F)F)CCOC(C(C)C)C1. The molecule has 1 rings (SSSR count). The van der Waals surface area contributed by atoms with Crippen LogP contribution < -0.4 is 5.32 Å². The number of nitrogens with one attached hydrogen (secondary N) is 1. The molecule has 0 aromatic heterocycles. The van der Waals surface area contributed by atoms with Crippen molar-refractivity contribution in [3.8, 4) is 0 Å². The topological polar surface area (TPSA) is 47.6 Å². The standard InChI is InChI=1S/C12H20F3NO3/c1-8(2)9-6-11(4-5-19-9,10(17)18-3)16-7-12(13,14)15/h8-9,16H,4-7H2,1-3H3. The third kappa shape index (κ3) is 4.35. The minimum atomic E-state index is -4.37. The van der Waals surface area contributed by atoms with Gasteiger partial charge in [0.25, 0.3) is 0 Å². The van der Waals surface area contributed by atoms with Gasteiger partial charge in [0.2, 0.25) is 0 Å². The predicted octanol–water partition coefficient (Wildman–Crippen LogP) is 1.89. The Labute approximate surface area is 110 Å². The van der Waals surface area contributed by atoms with Gasteiger partial charge in [0.05, 0.1) is 19.8 Å². The van der Waals surface area contributed by atoms with Gasteiger partial charge in [-0.15, -0.1) is 0 Å². The minimum Gasteiger partial charge on any atom is -0.468 e. The minimum absolute atomic E-state index is 0.122. The molecule has 1 fully saturated rings. The summed E-state index contributed by atoms with van der Waals surface area (Å²) in [4.78, 5) is 11.9. The molecule has 2 atom stereocenters. The molecule has 0 radical (unpaired) electrons. The Balaban J connectivity index is 2.84. The fourth-order valence-electron chi connectivity index (χ4n) is 2.20. The maximum atomic E-state index is 12.4. The Kier molecular flexibility index (Phi) is 5.20. The van der Waals surface area contributed by atoms with E-state index >= 15 is 0 Å². The monoisotopic (exact) mass is 283 g/mol. The van der Waals surface area contributed by atoms with Gasteiger partial charge >= 0.3 is 12.1 Å². The van der Waals surface area contributed by atoms with Gasteiger partial charge in [0, 0.05) is 13.0 Å². The van der Waals surface area contributed by atoms with E-state index in [4.69, 9.17) is 4.74 Å². The lowest BCUT2D eigenvalue weighted by Crippen LogP contribution is -2.60. The summed E-state index contributed by atoms with van der Waals surface area (Å²) >= 11 is 0. The van der Waals surface area contributed by atoms with Crippen molar-refractivity contribution in [1.29, 1.82) is 0 Å². The first-order chi connectivity index (χ1) is 8.70. The third-order valence-corrected chi connectivity index (χ3v) is 3.36. The van der Waals surface area contributed by atoms with Crippen LogP contribution in [0.25, 0.3) is 0 Å². The highest BCUT2D eigenvalue weighted by Gasteiger charge is 2.46. The van der Waals surface area contributed by atoms with Gasteiger partial charge in [0.1, 0.15) is 5.54 Å². The summed E-state index contributed by atoms with van der Waals surface area (Å²) in [5.41, 5.74) is -1.31. The molecule has 1 N–H and O–H groups in total. The summed E-state index contributed by atoms with van der Waals surface area (Å²) in [5, 5.41) is 2.33. The van der Waals surface area contributed by atoms with Crippen LogP contribution in [0.4, 0.5) is 13.2 Å². The van der Waals surface area contributed by atoms with Gasteiger partial charge in [-0.05, 0) is 12.3 Å². The molecule has 112 valence electrons. The number of alkyl halides is 3. The van der Waals surface area contributed by atoms with E-state index < -0.39 is 24.2 Å². The summed E-state index contributed by atoms with van der Waals surface area (Å²) in [6, 6.07) is 0. The van der Waals surface area contributed by atoms with E-state index in [0.29, 0.717) is 0 Å². The quantitative estimate of drug-likeness (QED) is 0.800. The number of methoxy groups -OCH3 is 1. The molecule has 1 aliphatic heterocycles. The Morgan fingerprint density at radius 2 is 2.16 bits per heavy atom. The van der Waals surface area contributed by atoms with Gasteiger partial charge in [0.15, 0.2) is 0 Å². The summed E-state index contributed by atoms with van der Waals surface area (Å²) in [5.74, 6) is -0.539. The maximum Gasteiger partial charge on any atom is 0.401 e. The van der Waals surface area contributed by atoms with E-state index in [1.165, 1.54) is 7.11 Å². The average Bonchev–Trinajstić information content (AvgIpc) is 2.34. The van der Waals surface area contributed by atoms with E-state index in [0.717, 1.165) is 0 Å². The van der Waals surface area contributed by atoms with Crippen molar-refractivity contribution in [2.45, 2.75) is 44.5 Å². The van der Waals surface area contributed by atoms with Crippen molar-refractivity contribution in [1.82, 2.24) is 5.32 Å². The molecule has 4 nitrogen and oxygen atoms in total. The molecular weight excluding hydrogens is 263 g/mol. The maximum absolute atomic E-state index is 12.4. The highest BCUT2D eigenvalue weighted by molar-refractivity contribution is 5.81. The van der Waals surface area contributed by atoms with Crippen LogP contribution in [0.1, 0.15) is 26.7 Å². The molecule has 0 spiro atoms. The molecule has 1 aliphatic rings. The first-order valence-electron chi connectivity index (χ1n) is 6.22. The van der Waals surface area contributed by atoms with Gasteiger partial charge in [-0.3, -0.25) is 10.1 Å². The Hall–Kier alpha value is -0.820. The molecule has 0 aromatic rings. The summed E-state index contributed by atoms with van der Waals surface area (Å²) < 4.78 is 47.2. The van der Waals surface area contributed by atoms with E-state index in [9.17, 15) is 18.0 Å². The van der Waals surface area contributed by atoms with Crippen molar-refractivity contribution < 1.29 is 27.4 Å². The molecule has 0 aliphatic carbocycles. The van der Waals surface area contributed by atoms with Crippen LogP contribution in [-0.2, 0) is 14.3 Å². The second kappa shape index (κ2) is 6.09. The number of esters is 1. The van der Waals surface area contributed by atoms with E-state index in [-0.39, 0.29) is 31.5 Å². The molecule has 0 amide bonds. The first-order valence-corrected chi connectivity index (χ1v) is 6.22. The molecule has 7 heteroatoms. The first kappa shape index (κ1) is 16.2. The number of carbonyl (C=O) groups excluding carboxylic acids is 1. The molecule has 19 heavy (non-hydrogen) atoms. The van der Waals surface area contributed by atoms with E-state index in [2.05, 4.69) is 10.1 Å². The zero-order chi connectivity index (χ0) is 14.7. The molecular formula is C12H20F3NO3. The van der Waals surface area contributed by atoms with Crippen molar-refractivity contribution >= 4 is 5.97 Å². The van der Waals surface area contributed by atoms with E-state index in [1.54, 1.807) is 0 Å². The summed E-state index contributed by atoms with van der Waals surface area (Å²) in [7, 11) is 1.18. The zero-order valence-corrected chi connectivity index (χ0v) is 11.3.